The van der Waals surface area contributed by atoms with E-state index in [1.807, 2.05) is 24.3 Å². The minimum absolute atomic E-state index is 0.224. The van der Waals surface area contributed by atoms with Gasteiger partial charge in [0, 0.05) is 15.4 Å². The van der Waals surface area contributed by atoms with Crippen molar-refractivity contribution in [1.82, 2.24) is 4.98 Å². The summed E-state index contributed by atoms with van der Waals surface area (Å²) in [5, 5.41) is 1.77. The SMILES string of the molecule is O=Cc1cc2ccccc2nc1Oc1cc(Cl)cc(Cl)c1. The number of ether oxygens (including phenoxy) is 1. The normalized spacial score (nSPS) is 10.6. The maximum absolute atomic E-state index is 11.2. The number of aromatic nitrogens is 1. The van der Waals surface area contributed by atoms with Gasteiger partial charge in [-0.15, -0.1) is 0 Å². The van der Waals surface area contributed by atoms with Crippen LogP contribution in [0.3, 0.4) is 0 Å². The van der Waals surface area contributed by atoms with Gasteiger partial charge in [-0.05, 0) is 30.3 Å². The van der Waals surface area contributed by atoms with E-state index < -0.39 is 0 Å². The van der Waals surface area contributed by atoms with Crippen LogP contribution in [0.4, 0.5) is 0 Å². The topological polar surface area (TPSA) is 39.2 Å². The number of carbonyl (C=O) groups excluding carboxylic acids is 1. The lowest BCUT2D eigenvalue weighted by molar-refractivity contribution is 0.112. The van der Waals surface area contributed by atoms with Gasteiger partial charge in [-0.25, -0.2) is 4.98 Å². The van der Waals surface area contributed by atoms with Crippen molar-refractivity contribution < 1.29 is 9.53 Å². The molecular weight excluding hydrogens is 309 g/mol. The molecule has 1 aromatic heterocycles. The highest BCUT2D eigenvalue weighted by atomic mass is 35.5. The van der Waals surface area contributed by atoms with Gasteiger partial charge < -0.3 is 4.74 Å². The van der Waals surface area contributed by atoms with Gasteiger partial charge in [0.1, 0.15) is 5.75 Å². The smallest absolute Gasteiger partial charge is 0.230 e. The number of carbonyl (C=O) groups is 1. The lowest BCUT2D eigenvalue weighted by Crippen LogP contribution is -1.95. The van der Waals surface area contributed by atoms with Crippen molar-refractivity contribution in [1.29, 1.82) is 0 Å². The quantitative estimate of drug-likeness (QED) is 0.627. The number of halogens is 2. The third kappa shape index (κ3) is 2.99. The molecule has 5 heteroatoms. The van der Waals surface area contributed by atoms with Gasteiger partial charge in [0.25, 0.3) is 0 Å². The molecule has 0 aliphatic heterocycles. The number of rotatable bonds is 3. The van der Waals surface area contributed by atoms with Crippen molar-refractivity contribution >= 4 is 40.4 Å². The second-order valence-corrected chi connectivity index (χ2v) is 5.27. The molecule has 3 nitrogen and oxygen atoms in total. The summed E-state index contributed by atoms with van der Waals surface area (Å²) in [6.07, 6.45) is 0.709. The molecule has 0 fully saturated rings. The summed E-state index contributed by atoms with van der Waals surface area (Å²) < 4.78 is 5.66. The number of para-hydroxylation sites is 1. The first kappa shape index (κ1) is 13.9. The van der Waals surface area contributed by atoms with Gasteiger partial charge in [0.15, 0.2) is 6.29 Å². The van der Waals surface area contributed by atoms with Gasteiger partial charge in [0.05, 0.1) is 11.1 Å². The molecule has 0 atom stereocenters. The summed E-state index contributed by atoms with van der Waals surface area (Å²) in [7, 11) is 0. The molecule has 0 amide bonds. The number of nitrogens with zero attached hydrogens (tertiary/aromatic N) is 1. The first-order chi connectivity index (χ1) is 10.2. The summed E-state index contributed by atoms with van der Waals surface area (Å²) >= 11 is 11.9. The van der Waals surface area contributed by atoms with Crippen molar-refractivity contribution in [3.8, 4) is 11.6 Å². The Morgan fingerprint density at radius 2 is 1.71 bits per heavy atom. The Kier molecular flexibility index (Phi) is 3.78. The number of fused-ring (bicyclic) bond motifs is 1. The summed E-state index contributed by atoms with van der Waals surface area (Å²) in [6.45, 7) is 0. The Morgan fingerprint density at radius 1 is 1.00 bits per heavy atom. The van der Waals surface area contributed by atoms with E-state index in [2.05, 4.69) is 4.98 Å². The number of benzene rings is 2. The van der Waals surface area contributed by atoms with Crippen LogP contribution in [0.5, 0.6) is 11.6 Å². The lowest BCUT2D eigenvalue weighted by Gasteiger charge is -2.09. The van der Waals surface area contributed by atoms with Crippen LogP contribution in [0.1, 0.15) is 10.4 Å². The lowest BCUT2D eigenvalue weighted by atomic mass is 10.1. The van der Waals surface area contributed by atoms with Crippen LogP contribution in [0.2, 0.25) is 10.0 Å². The molecule has 21 heavy (non-hydrogen) atoms. The Bertz CT molecular complexity index is 813. The maximum Gasteiger partial charge on any atom is 0.230 e. The fourth-order valence-electron chi connectivity index (χ4n) is 1.98. The van der Waals surface area contributed by atoms with E-state index in [1.165, 1.54) is 0 Å². The van der Waals surface area contributed by atoms with Crippen LogP contribution in [-0.4, -0.2) is 11.3 Å². The molecule has 0 N–H and O–H groups in total. The van der Waals surface area contributed by atoms with Gasteiger partial charge in [-0.1, -0.05) is 41.4 Å². The molecule has 1 heterocycles. The van der Waals surface area contributed by atoms with Crippen molar-refractivity contribution in [2.24, 2.45) is 0 Å². The molecule has 0 bridgehead atoms. The van der Waals surface area contributed by atoms with Gasteiger partial charge in [0.2, 0.25) is 5.88 Å². The van der Waals surface area contributed by atoms with Crippen LogP contribution in [-0.2, 0) is 0 Å². The molecule has 0 aliphatic carbocycles. The number of pyridine rings is 1. The summed E-state index contributed by atoms with van der Waals surface area (Å²) in [6, 6.07) is 14.0. The van der Waals surface area contributed by atoms with Crippen LogP contribution < -0.4 is 4.74 Å². The van der Waals surface area contributed by atoms with Gasteiger partial charge in [-0.2, -0.15) is 0 Å². The first-order valence-electron chi connectivity index (χ1n) is 6.14. The Morgan fingerprint density at radius 3 is 2.43 bits per heavy atom. The van der Waals surface area contributed by atoms with E-state index in [4.69, 9.17) is 27.9 Å². The van der Waals surface area contributed by atoms with Crippen molar-refractivity contribution in [3.63, 3.8) is 0 Å². The van der Waals surface area contributed by atoms with Crippen LogP contribution in [0.15, 0.2) is 48.5 Å². The first-order valence-corrected chi connectivity index (χ1v) is 6.90. The van der Waals surface area contributed by atoms with E-state index in [-0.39, 0.29) is 5.88 Å². The van der Waals surface area contributed by atoms with E-state index in [9.17, 15) is 4.79 Å². The number of hydrogen-bond acceptors (Lipinski definition) is 3. The second-order valence-electron chi connectivity index (χ2n) is 4.40. The minimum Gasteiger partial charge on any atom is -0.438 e. The Hall–Kier alpha value is -2.10. The molecule has 0 radical (unpaired) electrons. The van der Waals surface area contributed by atoms with Crippen molar-refractivity contribution in [2.45, 2.75) is 0 Å². The monoisotopic (exact) mass is 317 g/mol. The van der Waals surface area contributed by atoms with Crippen LogP contribution in [0.25, 0.3) is 10.9 Å². The molecular formula is C16H9Cl2NO2. The highest BCUT2D eigenvalue weighted by molar-refractivity contribution is 6.34. The average molecular weight is 318 g/mol. The Balaban J connectivity index is 2.08. The zero-order valence-electron chi connectivity index (χ0n) is 10.7. The third-order valence-electron chi connectivity index (χ3n) is 2.89. The van der Waals surface area contributed by atoms with Crippen molar-refractivity contribution in [2.75, 3.05) is 0 Å². The van der Waals surface area contributed by atoms with E-state index in [0.29, 0.717) is 27.6 Å². The fourth-order valence-corrected chi connectivity index (χ4v) is 2.49. The molecule has 0 saturated heterocycles. The zero-order valence-corrected chi connectivity index (χ0v) is 12.2. The third-order valence-corrected chi connectivity index (χ3v) is 3.33. The standard InChI is InChI=1S/C16H9Cl2NO2/c17-12-6-13(18)8-14(7-12)21-16-11(9-20)5-10-3-1-2-4-15(10)19-16/h1-9H. The molecule has 0 spiro atoms. The Labute approximate surface area is 131 Å². The van der Waals surface area contributed by atoms with E-state index in [0.717, 1.165) is 10.9 Å². The van der Waals surface area contributed by atoms with Crippen LogP contribution in [0, 0.1) is 0 Å². The number of hydrogen-bond donors (Lipinski definition) is 0. The van der Waals surface area contributed by atoms with E-state index in [1.54, 1.807) is 24.3 Å². The molecule has 0 unspecified atom stereocenters. The molecule has 3 aromatic rings. The highest BCUT2D eigenvalue weighted by Crippen LogP contribution is 2.30. The van der Waals surface area contributed by atoms with Gasteiger partial charge >= 0.3 is 0 Å². The van der Waals surface area contributed by atoms with Crippen LogP contribution >= 0.6 is 23.2 Å². The number of aldehydes is 1. The molecule has 0 aliphatic rings. The van der Waals surface area contributed by atoms with E-state index >= 15 is 0 Å². The highest BCUT2D eigenvalue weighted by Gasteiger charge is 2.09. The molecule has 104 valence electrons. The van der Waals surface area contributed by atoms with Gasteiger partial charge in [-0.3, -0.25) is 4.79 Å². The summed E-state index contributed by atoms with van der Waals surface area (Å²) in [5.74, 6) is 0.653. The summed E-state index contributed by atoms with van der Waals surface area (Å²) in [5.41, 5.74) is 1.11. The zero-order chi connectivity index (χ0) is 14.8. The molecule has 0 saturated carbocycles. The predicted octanol–water partition coefficient (Wildman–Crippen LogP) is 5.15. The second kappa shape index (κ2) is 5.72. The maximum atomic E-state index is 11.2. The summed E-state index contributed by atoms with van der Waals surface area (Å²) in [4.78, 5) is 15.6. The fraction of sp³-hybridized carbons (Fsp3) is 0. The molecule has 2 aromatic carbocycles. The largest absolute Gasteiger partial charge is 0.438 e. The van der Waals surface area contributed by atoms with Crippen molar-refractivity contribution in [3.05, 3.63) is 64.1 Å². The molecule has 3 rings (SSSR count). The predicted molar refractivity (Wildman–Crippen MR) is 83.7 cm³/mol. The minimum atomic E-state index is 0.224. The average Bonchev–Trinajstić information content (AvgIpc) is 2.45.